The molecule has 0 saturated carbocycles. The van der Waals surface area contributed by atoms with Crippen molar-refractivity contribution in [1.29, 1.82) is 5.26 Å². The van der Waals surface area contributed by atoms with Crippen molar-refractivity contribution < 1.29 is 4.79 Å². The number of carbonyl (C=O) groups excluding carboxylic acids is 1. The van der Waals surface area contributed by atoms with E-state index in [2.05, 4.69) is 30.2 Å². The summed E-state index contributed by atoms with van der Waals surface area (Å²) in [4.78, 5) is 13.2. The van der Waals surface area contributed by atoms with Crippen LogP contribution in [0, 0.1) is 18.3 Å². The van der Waals surface area contributed by atoms with E-state index in [4.69, 9.17) is 5.73 Å². The van der Waals surface area contributed by atoms with Gasteiger partial charge in [0, 0.05) is 35.4 Å². The average molecular weight is 405 g/mol. The average Bonchev–Trinajstić information content (AvgIpc) is 3.37. The molecule has 3 aromatic heterocycles. The molecule has 0 aliphatic rings. The van der Waals surface area contributed by atoms with E-state index in [1.807, 2.05) is 52.8 Å². The number of pyridine rings is 1. The molecule has 0 radical (unpaired) electrons. The Labute approximate surface area is 178 Å². The highest BCUT2D eigenvalue weighted by Crippen LogP contribution is 2.35. The maximum Gasteiger partial charge on any atom is 0.209 e. The van der Waals surface area contributed by atoms with Crippen LogP contribution in [-0.2, 0) is 7.05 Å². The quantitative estimate of drug-likeness (QED) is 0.354. The summed E-state index contributed by atoms with van der Waals surface area (Å²) < 4.78 is 3.76. The molecule has 3 heterocycles. The fraction of sp³-hybridized carbons (Fsp3) is 0.0800. The van der Waals surface area contributed by atoms with Crippen molar-refractivity contribution in [1.82, 2.24) is 14.2 Å². The SMILES string of the molecule is Cc1ccc2c(cnn2C)c1-c1cccn2c(C(=O)c3ccc(N)c(C#N)c3)ccc12. The number of ketones is 1. The molecule has 5 rings (SSSR count). The summed E-state index contributed by atoms with van der Waals surface area (Å²) in [5.74, 6) is -0.162. The third-order valence-corrected chi connectivity index (χ3v) is 5.77. The molecule has 2 aromatic carbocycles. The van der Waals surface area contributed by atoms with Crippen molar-refractivity contribution >= 4 is 27.9 Å². The Bertz CT molecular complexity index is 1550. The van der Waals surface area contributed by atoms with Gasteiger partial charge in [-0.2, -0.15) is 10.4 Å². The maximum atomic E-state index is 13.2. The van der Waals surface area contributed by atoms with Gasteiger partial charge in [0.05, 0.1) is 28.5 Å². The zero-order valence-electron chi connectivity index (χ0n) is 17.1. The number of hydrogen-bond donors (Lipinski definition) is 1. The lowest BCUT2D eigenvalue weighted by Crippen LogP contribution is -2.06. The number of fused-ring (bicyclic) bond motifs is 2. The van der Waals surface area contributed by atoms with E-state index < -0.39 is 0 Å². The summed E-state index contributed by atoms with van der Waals surface area (Å²) in [5.41, 5.74) is 12.7. The van der Waals surface area contributed by atoms with Gasteiger partial charge >= 0.3 is 0 Å². The molecular formula is C25H19N5O. The van der Waals surface area contributed by atoms with Crippen LogP contribution in [0.5, 0.6) is 0 Å². The Morgan fingerprint density at radius 3 is 2.71 bits per heavy atom. The third-order valence-electron chi connectivity index (χ3n) is 5.77. The minimum Gasteiger partial charge on any atom is -0.398 e. The Kier molecular flexibility index (Phi) is 4.12. The van der Waals surface area contributed by atoms with Gasteiger partial charge in [0.15, 0.2) is 0 Å². The van der Waals surface area contributed by atoms with Crippen molar-refractivity contribution in [3.05, 3.63) is 89.4 Å². The van der Waals surface area contributed by atoms with E-state index >= 15 is 0 Å². The summed E-state index contributed by atoms with van der Waals surface area (Å²) in [6.07, 6.45) is 3.77. The standard InChI is InChI=1S/C25H19N5O/c1-15-5-8-21-19(14-28-29(21)2)24(15)18-4-3-11-30-22(18)9-10-23(30)25(31)16-6-7-20(27)17(12-16)13-26/h3-12,14H,27H2,1-2H3. The largest absolute Gasteiger partial charge is 0.398 e. The molecule has 150 valence electrons. The number of anilines is 1. The molecule has 0 unspecified atom stereocenters. The zero-order chi connectivity index (χ0) is 21.7. The molecule has 0 spiro atoms. The number of nitrogen functional groups attached to an aromatic ring is 1. The number of nitrogens with two attached hydrogens (primary N) is 1. The summed E-state index contributed by atoms with van der Waals surface area (Å²) in [5, 5.41) is 14.7. The number of nitriles is 1. The lowest BCUT2D eigenvalue weighted by Gasteiger charge is -2.11. The van der Waals surface area contributed by atoms with Crippen LogP contribution in [0.2, 0.25) is 0 Å². The second-order valence-electron chi connectivity index (χ2n) is 7.60. The molecule has 0 saturated heterocycles. The van der Waals surface area contributed by atoms with Crippen LogP contribution >= 0.6 is 0 Å². The monoisotopic (exact) mass is 405 g/mol. The fourth-order valence-electron chi connectivity index (χ4n) is 4.17. The molecule has 31 heavy (non-hydrogen) atoms. The molecule has 0 fully saturated rings. The molecule has 5 aromatic rings. The second kappa shape index (κ2) is 6.85. The predicted molar refractivity (Wildman–Crippen MR) is 121 cm³/mol. The van der Waals surface area contributed by atoms with Crippen molar-refractivity contribution in [2.45, 2.75) is 6.92 Å². The number of carbonyl (C=O) groups is 1. The normalized spacial score (nSPS) is 11.1. The molecule has 2 N–H and O–H groups in total. The highest BCUT2D eigenvalue weighted by atomic mass is 16.1. The minimum absolute atomic E-state index is 0.162. The Hall–Kier alpha value is -4.37. The molecule has 6 nitrogen and oxygen atoms in total. The predicted octanol–water partition coefficient (Wildman–Crippen LogP) is 4.49. The van der Waals surface area contributed by atoms with E-state index in [9.17, 15) is 10.1 Å². The van der Waals surface area contributed by atoms with Crippen LogP contribution < -0.4 is 5.73 Å². The van der Waals surface area contributed by atoms with Gasteiger partial charge in [-0.25, -0.2) is 0 Å². The van der Waals surface area contributed by atoms with E-state index in [-0.39, 0.29) is 5.78 Å². The highest BCUT2D eigenvalue weighted by Gasteiger charge is 2.18. The molecule has 0 aliphatic carbocycles. The number of hydrogen-bond acceptors (Lipinski definition) is 4. The minimum atomic E-state index is -0.162. The van der Waals surface area contributed by atoms with Gasteiger partial charge in [0.1, 0.15) is 6.07 Å². The maximum absolute atomic E-state index is 13.2. The first-order chi connectivity index (χ1) is 15.0. The summed E-state index contributed by atoms with van der Waals surface area (Å²) in [6.45, 7) is 2.08. The molecule has 0 amide bonds. The van der Waals surface area contributed by atoms with Gasteiger partial charge in [-0.05, 0) is 60.5 Å². The zero-order valence-corrected chi connectivity index (χ0v) is 17.1. The smallest absolute Gasteiger partial charge is 0.209 e. The van der Waals surface area contributed by atoms with Crippen LogP contribution in [0.1, 0.15) is 27.2 Å². The van der Waals surface area contributed by atoms with E-state index in [1.54, 1.807) is 18.2 Å². The van der Waals surface area contributed by atoms with Crippen LogP contribution in [0.25, 0.3) is 27.5 Å². The van der Waals surface area contributed by atoms with Crippen molar-refractivity contribution in [2.24, 2.45) is 7.05 Å². The first kappa shape index (κ1) is 18.6. The molecule has 0 atom stereocenters. The van der Waals surface area contributed by atoms with Crippen LogP contribution in [-0.4, -0.2) is 20.0 Å². The Morgan fingerprint density at radius 1 is 1.10 bits per heavy atom. The van der Waals surface area contributed by atoms with Gasteiger partial charge < -0.3 is 10.1 Å². The summed E-state index contributed by atoms with van der Waals surface area (Å²) in [7, 11) is 1.93. The topological polar surface area (TPSA) is 89.1 Å². The highest BCUT2D eigenvalue weighted by molar-refractivity contribution is 6.10. The number of aromatic nitrogens is 3. The first-order valence-corrected chi connectivity index (χ1v) is 9.85. The number of benzene rings is 2. The van der Waals surface area contributed by atoms with Gasteiger partial charge in [0.2, 0.25) is 5.78 Å². The van der Waals surface area contributed by atoms with Crippen molar-refractivity contribution in [2.75, 3.05) is 5.73 Å². The summed E-state index contributed by atoms with van der Waals surface area (Å²) in [6, 6.07) is 18.8. The fourth-order valence-corrected chi connectivity index (χ4v) is 4.17. The summed E-state index contributed by atoms with van der Waals surface area (Å²) >= 11 is 0. The Morgan fingerprint density at radius 2 is 1.90 bits per heavy atom. The van der Waals surface area contributed by atoms with Crippen molar-refractivity contribution in [3.8, 4) is 17.2 Å². The van der Waals surface area contributed by atoms with E-state index in [0.29, 0.717) is 22.5 Å². The number of aryl methyl sites for hydroxylation is 2. The van der Waals surface area contributed by atoms with Crippen molar-refractivity contribution in [3.63, 3.8) is 0 Å². The third kappa shape index (κ3) is 2.79. The number of nitrogens with zero attached hydrogens (tertiary/aromatic N) is 4. The lowest BCUT2D eigenvalue weighted by molar-refractivity contribution is 0.103. The van der Waals surface area contributed by atoms with Crippen LogP contribution in [0.4, 0.5) is 5.69 Å². The molecule has 6 heteroatoms. The molecule has 0 aliphatic heterocycles. The van der Waals surface area contributed by atoms with Crippen LogP contribution in [0.3, 0.4) is 0 Å². The molecule has 0 bridgehead atoms. The Balaban J connectivity index is 1.70. The van der Waals surface area contributed by atoms with Gasteiger partial charge in [-0.15, -0.1) is 0 Å². The first-order valence-electron chi connectivity index (χ1n) is 9.85. The lowest BCUT2D eigenvalue weighted by atomic mass is 9.97. The second-order valence-corrected chi connectivity index (χ2v) is 7.60. The van der Waals surface area contributed by atoms with Crippen LogP contribution in [0.15, 0.2) is 67.0 Å². The van der Waals surface area contributed by atoms with Gasteiger partial charge in [-0.3, -0.25) is 9.48 Å². The van der Waals surface area contributed by atoms with Gasteiger partial charge in [-0.1, -0.05) is 12.1 Å². The van der Waals surface area contributed by atoms with E-state index in [1.165, 1.54) is 0 Å². The van der Waals surface area contributed by atoms with E-state index in [0.717, 1.165) is 33.1 Å². The number of rotatable bonds is 3. The molecular weight excluding hydrogens is 386 g/mol. The van der Waals surface area contributed by atoms with Gasteiger partial charge in [0.25, 0.3) is 0 Å².